The summed E-state index contributed by atoms with van der Waals surface area (Å²) in [5.74, 6) is 0.0829. The van der Waals surface area contributed by atoms with Gasteiger partial charge in [-0.2, -0.15) is 0 Å². The van der Waals surface area contributed by atoms with Crippen LogP contribution >= 0.6 is 12.9 Å². The van der Waals surface area contributed by atoms with Crippen LogP contribution in [0.2, 0.25) is 0 Å². The Morgan fingerprint density at radius 1 is 0.727 bits per heavy atom. The zero-order valence-electron chi connectivity index (χ0n) is 22.1. The number of rotatable bonds is 18. The summed E-state index contributed by atoms with van der Waals surface area (Å²) >= 11 is 3.17. The monoisotopic (exact) mass is 480 g/mol. The highest BCUT2D eigenvalue weighted by molar-refractivity contribution is 7.75. The van der Waals surface area contributed by atoms with E-state index in [0.717, 1.165) is 17.5 Å². The lowest BCUT2D eigenvalue weighted by Crippen LogP contribution is -1.90. The molecule has 0 aliphatic carbocycles. The van der Waals surface area contributed by atoms with Crippen LogP contribution in [-0.2, 0) is 15.4 Å². The van der Waals surface area contributed by atoms with Gasteiger partial charge in [0.15, 0.2) is 0 Å². The fourth-order valence-electron chi connectivity index (χ4n) is 4.24. The zero-order chi connectivity index (χ0) is 24.7. The van der Waals surface area contributed by atoms with Crippen molar-refractivity contribution in [1.82, 2.24) is 0 Å². The molecule has 1 aromatic carbocycles. The SMILES string of the molecule is CC(=O)OS.CCCCCCCCCCCCCCCCCCCc1cc(C)c(O)c(C)c1. The summed E-state index contributed by atoms with van der Waals surface area (Å²) < 4.78 is 3.81. The van der Waals surface area contributed by atoms with Gasteiger partial charge >= 0.3 is 5.97 Å². The molecule has 0 saturated heterocycles. The number of aromatic hydroxyl groups is 1. The summed E-state index contributed by atoms with van der Waals surface area (Å²) in [5, 5.41) is 9.85. The molecular weight excluding hydrogens is 428 g/mol. The molecule has 1 rings (SSSR count). The molecule has 0 fully saturated rings. The van der Waals surface area contributed by atoms with Crippen molar-refractivity contribution in [2.24, 2.45) is 0 Å². The number of carbonyl (C=O) groups is 1. The summed E-state index contributed by atoms with van der Waals surface area (Å²) in [4.78, 5) is 9.51. The number of hydrogen-bond acceptors (Lipinski definition) is 4. The van der Waals surface area contributed by atoms with Crippen LogP contribution in [0.4, 0.5) is 0 Å². The van der Waals surface area contributed by atoms with Gasteiger partial charge in [-0.05, 0) is 43.4 Å². The van der Waals surface area contributed by atoms with E-state index in [0.29, 0.717) is 5.75 Å². The van der Waals surface area contributed by atoms with E-state index in [9.17, 15) is 9.90 Å². The van der Waals surface area contributed by atoms with Crippen LogP contribution in [0.3, 0.4) is 0 Å². The average Bonchev–Trinajstić information content (AvgIpc) is 2.79. The lowest BCUT2D eigenvalue weighted by atomic mass is 10.00. The molecule has 0 atom stereocenters. The first-order chi connectivity index (χ1) is 15.9. The van der Waals surface area contributed by atoms with Gasteiger partial charge in [0.2, 0.25) is 0 Å². The van der Waals surface area contributed by atoms with Gasteiger partial charge in [-0.1, -0.05) is 122 Å². The summed E-state index contributed by atoms with van der Waals surface area (Å²) in [7, 11) is 0. The van der Waals surface area contributed by atoms with E-state index < -0.39 is 0 Å². The highest BCUT2D eigenvalue weighted by Crippen LogP contribution is 2.24. The van der Waals surface area contributed by atoms with E-state index in [1.165, 1.54) is 122 Å². The number of phenolic OH excluding ortho intramolecular Hbond substituents is 1. The lowest BCUT2D eigenvalue weighted by molar-refractivity contribution is -0.130. The lowest BCUT2D eigenvalue weighted by Gasteiger charge is -2.08. The Kier molecular flexibility index (Phi) is 21.8. The largest absolute Gasteiger partial charge is 0.507 e. The summed E-state index contributed by atoms with van der Waals surface area (Å²) in [5.41, 5.74) is 3.41. The molecule has 0 bridgehead atoms. The smallest absolute Gasteiger partial charge is 0.314 e. The topological polar surface area (TPSA) is 46.5 Å². The molecule has 1 N–H and O–H groups in total. The van der Waals surface area contributed by atoms with Crippen molar-refractivity contribution in [3.63, 3.8) is 0 Å². The number of benzene rings is 1. The van der Waals surface area contributed by atoms with Crippen LogP contribution in [0.25, 0.3) is 0 Å². The fourth-order valence-corrected chi connectivity index (χ4v) is 4.24. The standard InChI is InChI=1S/C27H48O.C2H4O2S/c1-4-5-6-7-8-9-10-11-12-13-14-15-16-17-18-19-20-21-26-22-24(2)27(28)25(3)23-26;1-2(3)4-5/h22-23,28H,4-21H2,1-3H3;5H,1H3. The third-order valence-corrected chi connectivity index (χ3v) is 6.51. The average molecular weight is 481 g/mol. The van der Waals surface area contributed by atoms with Crippen LogP contribution in [0.5, 0.6) is 5.75 Å². The summed E-state index contributed by atoms with van der Waals surface area (Å²) in [6.45, 7) is 7.58. The van der Waals surface area contributed by atoms with Gasteiger partial charge in [0.1, 0.15) is 5.75 Å². The van der Waals surface area contributed by atoms with Crippen LogP contribution in [0.1, 0.15) is 140 Å². The molecule has 0 aliphatic heterocycles. The first-order valence-electron chi connectivity index (χ1n) is 13.5. The number of unbranched alkanes of at least 4 members (excludes halogenated alkanes) is 16. The maximum absolute atomic E-state index is 9.85. The molecule has 0 amide bonds. The van der Waals surface area contributed by atoms with Gasteiger partial charge in [0.25, 0.3) is 0 Å². The van der Waals surface area contributed by atoms with E-state index in [-0.39, 0.29) is 5.97 Å². The Morgan fingerprint density at radius 2 is 1.03 bits per heavy atom. The first-order valence-corrected chi connectivity index (χ1v) is 13.9. The molecule has 0 unspecified atom stereocenters. The number of hydrogen-bond donors (Lipinski definition) is 2. The van der Waals surface area contributed by atoms with Crippen LogP contribution in [0, 0.1) is 13.8 Å². The third-order valence-electron chi connectivity index (χ3n) is 6.25. The van der Waals surface area contributed by atoms with Crippen molar-refractivity contribution in [3.05, 3.63) is 28.8 Å². The van der Waals surface area contributed by atoms with Gasteiger partial charge in [-0.15, -0.1) is 0 Å². The van der Waals surface area contributed by atoms with Crippen LogP contribution in [-0.4, -0.2) is 11.1 Å². The highest BCUT2D eigenvalue weighted by atomic mass is 32.1. The van der Waals surface area contributed by atoms with Crippen molar-refractivity contribution in [1.29, 1.82) is 0 Å². The van der Waals surface area contributed by atoms with Crippen molar-refractivity contribution < 1.29 is 14.1 Å². The molecular formula is C29H52O3S. The predicted octanol–water partition coefficient (Wildman–Crippen LogP) is 9.60. The number of thiol groups is 1. The molecule has 192 valence electrons. The molecule has 33 heavy (non-hydrogen) atoms. The number of phenols is 1. The highest BCUT2D eigenvalue weighted by Gasteiger charge is 2.03. The van der Waals surface area contributed by atoms with Gasteiger partial charge in [0.05, 0.1) is 0 Å². The summed E-state index contributed by atoms with van der Waals surface area (Å²) in [6.07, 6.45) is 25.3. The third kappa shape index (κ3) is 20.0. The number of carbonyl (C=O) groups excluding carboxylic acids is 1. The molecule has 0 heterocycles. The van der Waals surface area contributed by atoms with Crippen LogP contribution < -0.4 is 0 Å². The minimum atomic E-state index is -0.381. The van der Waals surface area contributed by atoms with Crippen molar-refractivity contribution >= 4 is 18.9 Å². The fraction of sp³-hybridized carbons (Fsp3) is 0.759. The van der Waals surface area contributed by atoms with Gasteiger partial charge in [0, 0.05) is 19.8 Å². The molecule has 0 radical (unpaired) electrons. The molecule has 0 aliphatic rings. The van der Waals surface area contributed by atoms with E-state index in [1.807, 2.05) is 13.8 Å². The minimum Gasteiger partial charge on any atom is -0.507 e. The molecule has 0 spiro atoms. The Morgan fingerprint density at radius 3 is 1.33 bits per heavy atom. The Hall–Kier alpha value is -1.16. The second-order valence-corrected chi connectivity index (χ2v) is 9.75. The van der Waals surface area contributed by atoms with E-state index in [4.69, 9.17) is 0 Å². The van der Waals surface area contributed by atoms with Crippen molar-refractivity contribution in [2.75, 3.05) is 0 Å². The maximum Gasteiger partial charge on any atom is 0.314 e. The van der Waals surface area contributed by atoms with E-state index >= 15 is 0 Å². The Bertz CT molecular complexity index is 578. The second kappa shape index (κ2) is 22.6. The Labute approximate surface area is 210 Å². The zero-order valence-corrected chi connectivity index (χ0v) is 23.0. The normalized spacial score (nSPS) is 10.6. The maximum atomic E-state index is 9.85. The summed E-state index contributed by atoms with van der Waals surface area (Å²) in [6, 6.07) is 4.30. The first kappa shape index (κ1) is 31.8. The van der Waals surface area contributed by atoms with Gasteiger partial charge in [-0.25, -0.2) is 0 Å². The molecule has 1 aromatic rings. The Balaban J connectivity index is 0.00000184. The van der Waals surface area contributed by atoms with Gasteiger partial charge < -0.3 is 9.29 Å². The van der Waals surface area contributed by atoms with Gasteiger partial charge in [-0.3, -0.25) is 4.79 Å². The predicted molar refractivity (Wildman–Crippen MR) is 146 cm³/mol. The molecule has 3 nitrogen and oxygen atoms in total. The molecule has 0 saturated carbocycles. The molecule has 0 aromatic heterocycles. The molecule has 4 heteroatoms. The van der Waals surface area contributed by atoms with Crippen molar-refractivity contribution in [2.45, 2.75) is 143 Å². The number of aryl methyl sites for hydroxylation is 3. The van der Waals surface area contributed by atoms with Crippen molar-refractivity contribution in [3.8, 4) is 5.75 Å². The van der Waals surface area contributed by atoms with Crippen LogP contribution in [0.15, 0.2) is 12.1 Å². The second-order valence-electron chi connectivity index (χ2n) is 9.57. The van der Waals surface area contributed by atoms with E-state index in [1.54, 1.807) is 0 Å². The van der Waals surface area contributed by atoms with E-state index in [2.05, 4.69) is 36.1 Å². The minimum absolute atomic E-state index is 0.381. The quantitative estimate of drug-likeness (QED) is 0.125.